The summed E-state index contributed by atoms with van der Waals surface area (Å²) < 4.78 is 59.9. The van der Waals surface area contributed by atoms with E-state index < -0.39 is 29.1 Å². The topological polar surface area (TPSA) is 0 Å². The molecule has 0 radical (unpaired) electrons. The second-order valence-corrected chi connectivity index (χ2v) is 1.69. The molecule has 1 rings (SSSR count). The monoisotopic (exact) mass is 206 g/mol. The summed E-state index contributed by atoms with van der Waals surface area (Å²) in [5.41, 5.74) is 0. The number of hydrogen-bond donors (Lipinski definition) is 0. The fourth-order valence-corrected chi connectivity index (χ4v) is 0.495. The summed E-state index contributed by atoms with van der Waals surface area (Å²) >= 11 is 0. The second kappa shape index (κ2) is 4.66. The zero-order chi connectivity index (χ0) is 8.59. The quantitative estimate of drug-likeness (QED) is 0.171. The molecule has 60 valence electrons. The van der Waals surface area contributed by atoms with Gasteiger partial charge in [0.25, 0.3) is 0 Å². The van der Waals surface area contributed by atoms with Crippen LogP contribution in [0.4, 0.5) is 22.0 Å². The van der Waals surface area contributed by atoms with E-state index in [0.29, 0.717) is 0 Å². The zero-order valence-electron chi connectivity index (χ0n) is 5.89. The minimum atomic E-state index is -2.17. The van der Waals surface area contributed by atoms with Crippen molar-refractivity contribution in [3.63, 3.8) is 0 Å². The summed E-state index contributed by atoms with van der Waals surface area (Å²) in [6.07, 6.45) is 0. The first-order valence-corrected chi connectivity index (χ1v) is 2.44. The third-order valence-corrected chi connectivity index (χ3v) is 0.990. The van der Waals surface area contributed by atoms with Gasteiger partial charge in [-0.2, -0.15) is 0 Å². The Bertz CT molecular complexity index is 272. The predicted molar refractivity (Wildman–Crippen MR) is 25.1 cm³/mol. The van der Waals surface area contributed by atoms with Crippen LogP contribution in [0, 0.1) is 35.2 Å². The summed E-state index contributed by atoms with van der Waals surface area (Å²) in [6.45, 7) is 0. The van der Waals surface area contributed by atoms with Crippen LogP contribution < -0.4 is 51.4 Å². The van der Waals surface area contributed by atoms with E-state index >= 15 is 0 Å². The molecule has 1 aromatic carbocycles. The fraction of sp³-hybridized carbons (Fsp3) is 0. The Kier molecular flexibility index (Phi) is 4.86. The van der Waals surface area contributed by atoms with Gasteiger partial charge in [-0.3, -0.25) is 8.78 Å². The van der Waals surface area contributed by atoms with Gasteiger partial charge in [0.1, 0.15) is 0 Å². The molecule has 0 fully saturated rings. The van der Waals surface area contributed by atoms with Crippen molar-refractivity contribution < 1.29 is 73.3 Å². The number of hydrogen-bond acceptors (Lipinski definition) is 0. The fourth-order valence-electron chi connectivity index (χ4n) is 0.495. The number of benzene rings is 1. The molecule has 0 atom stereocenters. The molecule has 0 N–H and O–H groups in total. The van der Waals surface area contributed by atoms with E-state index in [1.807, 2.05) is 0 Å². The Balaban J connectivity index is 0.00000121. The summed E-state index contributed by atoms with van der Waals surface area (Å²) in [6, 6.07) is 1.02. The van der Waals surface area contributed by atoms with E-state index in [2.05, 4.69) is 0 Å². The molecule has 0 bridgehead atoms. The van der Waals surface area contributed by atoms with E-state index in [9.17, 15) is 22.0 Å². The van der Waals surface area contributed by atoms with E-state index in [1.165, 1.54) is 0 Å². The molecule has 0 saturated heterocycles. The van der Waals surface area contributed by atoms with Gasteiger partial charge >= 0.3 is 51.4 Å². The molecule has 0 amide bonds. The third-order valence-electron chi connectivity index (χ3n) is 0.990. The van der Waals surface area contributed by atoms with Crippen molar-refractivity contribution in [2.75, 3.05) is 0 Å². The Morgan fingerprint density at radius 1 is 0.667 bits per heavy atom. The summed E-state index contributed by atoms with van der Waals surface area (Å²) in [5.74, 6) is -10.0. The Morgan fingerprint density at radius 3 is 1.33 bits per heavy atom. The predicted octanol–water partition coefficient (Wildman–Crippen LogP) is -0.814. The molecule has 0 aliphatic carbocycles. The summed E-state index contributed by atoms with van der Waals surface area (Å²) in [4.78, 5) is 0. The molecule has 0 aliphatic heterocycles. The van der Waals surface area contributed by atoms with E-state index in [-0.39, 0.29) is 51.4 Å². The van der Waals surface area contributed by atoms with Crippen LogP contribution >= 0.6 is 0 Å². The first kappa shape index (κ1) is 12.5. The Labute approximate surface area is 107 Å². The maximum absolute atomic E-state index is 12.0. The van der Waals surface area contributed by atoms with E-state index in [0.717, 1.165) is 6.07 Å². The van der Waals surface area contributed by atoms with Crippen LogP contribution in [0.3, 0.4) is 0 Å². The summed E-state index contributed by atoms with van der Waals surface area (Å²) in [7, 11) is 0. The number of halogens is 5. The second-order valence-electron chi connectivity index (χ2n) is 1.69. The average Bonchev–Trinajstić information content (AvgIpc) is 1.97. The molecular formula is C6F5K. The van der Waals surface area contributed by atoms with Gasteiger partial charge in [-0.25, -0.2) is 13.2 Å². The van der Waals surface area contributed by atoms with Crippen LogP contribution in [0.1, 0.15) is 0 Å². The molecule has 0 nitrogen and oxygen atoms in total. The van der Waals surface area contributed by atoms with E-state index in [4.69, 9.17) is 0 Å². The van der Waals surface area contributed by atoms with Gasteiger partial charge in [-0.05, 0) is 0 Å². The molecule has 0 saturated carbocycles. The van der Waals surface area contributed by atoms with Gasteiger partial charge in [0.2, 0.25) is 0 Å². The van der Waals surface area contributed by atoms with Crippen molar-refractivity contribution >= 4 is 0 Å². The smallest absolute Gasteiger partial charge is 0.278 e. The van der Waals surface area contributed by atoms with E-state index in [1.54, 1.807) is 0 Å². The SMILES string of the molecule is Fc1[c-]c(F)c(F)c(F)c1F.[K+]. The van der Waals surface area contributed by atoms with Crippen LogP contribution in [0.15, 0.2) is 0 Å². The van der Waals surface area contributed by atoms with Crippen molar-refractivity contribution in [1.29, 1.82) is 0 Å². The molecule has 12 heavy (non-hydrogen) atoms. The normalized spacial score (nSPS) is 9.42. The average molecular weight is 206 g/mol. The maximum atomic E-state index is 12.0. The molecule has 0 heterocycles. The zero-order valence-corrected chi connectivity index (χ0v) is 9.01. The van der Waals surface area contributed by atoms with Gasteiger partial charge in [0, 0.05) is 0 Å². The van der Waals surface area contributed by atoms with Crippen molar-refractivity contribution in [2.24, 2.45) is 0 Å². The molecule has 0 spiro atoms. The number of rotatable bonds is 0. The van der Waals surface area contributed by atoms with Gasteiger partial charge in [-0.1, -0.05) is 0 Å². The third kappa shape index (κ3) is 2.26. The van der Waals surface area contributed by atoms with Crippen molar-refractivity contribution in [3.05, 3.63) is 35.2 Å². The Morgan fingerprint density at radius 2 is 1.00 bits per heavy atom. The molecular weight excluding hydrogens is 206 g/mol. The maximum Gasteiger partial charge on any atom is 1.00 e. The first-order chi connectivity index (χ1) is 5.04. The van der Waals surface area contributed by atoms with Crippen molar-refractivity contribution in [3.8, 4) is 0 Å². The van der Waals surface area contributed by atoms with Gasteiger partial charge in [0.05, 0.1) is 29.1 Å². The minimum absolute atomic E-state index is 0. The van der Waals surface area contributed by atoms with Crippen LogP contribution in [0.2, 0.25) is 0 Å². The standard InChI is InChI=1S/C6F5.K/c7-2-1-3(8)5(10)6(11)4(2)9;/q-1;+1. The van der Waals surface area contributed by atoms with Crippen molar-refractivity contribution in [2.45, 2.75) is 0 Å². The first-order valence-electron chi connectivity index (χ1n) is 2.44. The van der Waals surface area contributed by atoms with Crippen LogP contribution in [0.5, 0.6) is 0 Å². The van der Waals surface area contributed by atoms with Gasteiger partial charge in [0.15, 0.2) is 0 Å². The Hall–Kier alpha value is 0.506. The van der Waals surface area contributed by atoms with Crippen LogP contribution in [-0.4, -0.2) is 0 Å². The molecule has 6 heteroatoms. The van der Waals surface area contributed by atoms with Crippen LogP contribution in [0.25, 0.3) is 0 Å². The molecule has 0 aromatic heterocycles. The van der Waals surface area contributed by atoms with Gasteiger partial charge in [-0.15, -0.1) is 6.07 Å². The minimum Gasteiger partial charge on any atom is -0.278 e. The largest absolute Gasteiger partial charge is 1.00 e. The molecule has 0 unspecified atom stereocenters. The van der Waals surface area contributed by atoms with Crippen molar-refractivity contribution in [1.82, 2.24) is 0 Å². The van der Waals surface area contributed by atoms with Crippen LogP contribution in [-0.2, 0) is 0 Å². The molecule has 0 aliphatic rings. The summed E-state index contributed by atoms with van der Waals surface area (Å²) in [5, 5.41) is 0. The van der Waals surface area contributed by atoms with Gasteiger partial charge < -0.3 is 0 Å². The molecule has 1 aromatic rings.